The predicted molar refractivity (Wildman–Crippen MR) is 99.8 cm³/mol. The van der Waals surface area contributed by atoms with Gasteiger partial charge in [0.15, 0.2) is 11.5 Å². The van der Waals surface area contributed by atoms with Crippen molar-refractivity contribution in [3.8, 4) is 17.1 Å². The topological polar surface area (TPSA) is 55.6 Å². The van der Waals surface area contributed by atoms with Crippen molar-refractivity contribution in [3.05, 3.63) is 64.3 Å². The molecule has 0 saturated heterocycles. The van der Waals surface area contributed by atoms with E-state index < -0.39 is 0 Å². The Balaban J connectivity index is 1.75. The number of carbonyl (C=O) groups is 1. The zero-order valence-electron chi connectivity index (χ0n) is 14.5. The van der Waals surface area contributed by atoms with Crippen LogP contribution in [-0.2, 0) is 6.61 Å². The summed E-state index contributed by atoms with van der Waals surface area (Å²) in [5.74, 6) is 1.10. The van der Waals surface area contributed by atoms with Crippen molar-refractivity contribution in [2.24, 2.45) is 0 Å². The summed E-state index contributed by atoms with van der Waals surface area (Å²) in [7, 11) is 0. The van der Waals surface area contributed by atoms with Gasteiger partial charge in [0.2, 0.25) is 0 Å². The standard InChI is InChI=1S/C20H17ClN2O3/c1-3-23(14-6-4-5-13(21)10-14)20(24)18-16-11-25-17-8-7-12(2)9-15(17)19(16)26-22-18/h4-10H,3,11H2,1-2H3. The maximum absolute atomic E-state index is 13.1. The monoisotopic (exact) mass is 368 g/mol. The number of aryl methyl sites for hydroxylation is 1. The third kappa shape index (κ3) is 2.74. The number of ether oxygens (including phenoxy) is 1. The van der Waals surface area contributed by atoms with Gasteiger partial charge in [-0.1, -0.05) is 34.5 Å². The van der Waals surface area contributed by atoms with Gasteiger partial charge in [-0.25, -0.2) is 0 Å². The van der Waals surface area contributed by atoms with Crippen LogP contribution < -0.4 is 9.64 Å². The minimum atomic E-state index is -0.237. The zero-order chi connectivity index (χ0) is 18.3. The van der Waals surface area contributed by atoms with E-state index in [4.69, 9.17) is 20.9 Å². The van der Waals surface area contributed by atoms with E-state index in [-0.39, 0.29) is 18.2 Å². The molecule has 1 amide bonds. The first-order valence-corrected chi connectivity index (χ1v) is 8.76. The molecule has 3 aromatic rings. The Morgan fingerprint density at radius 1 is 1.27 bits per heavy atom. The molecule has 4 rings (SSSR count). The number of fused-ring (bicyclic) bond motifs is 3. The molecule has 2 heterocycles. The molecule has 6 heteroatoms. The van der Waals surface area contributed by atoms with Crippen LogP contribution in [0.5, 0.6) is 5.75 Å². The van der Waals surface area contributed by atoms with E-state index in [1.807, 2.05) is 44.2 Å². The fourth-order valence-corrected chi connectivity index (χ4v) is 3.32. The van der Waals surface area contributed by atoms with Gasteiger partial charge in [0.05, 0.1) is 11.1 Å². The average molecular weight is 369 g/mol. The maximum atomic E-state index is 13.1. The minimum absolute atomic E-state index is 0.237. The Bertz CT molecular complexity index is 996. The Hall–Kier alpha value is -2.79. The van der Waals surface area contributed by atoms with Crippen LogP contribution in [0.3, 0.4) is 0 Å². The minimum Gasteiger partial charge on any atom is -0.488 e. The largest absolute Gasteiger partial charge is 0.488 e. The lowest BCUT2D eigenvalue weighted by Crippen LogP contribution is -2.31. The molecule has 5 nitrogen and oxygen atoms in total. The number of hydrogen-bond acceptors (Lipinski definition) is 4. The van der Waals surface area contributed by atoms with Gasteiger partial charge in [0.1, 0.15) is 12.4 Å². The van der Waals surface area contributed by atoms with E-state index in [9.17, 15) is 4.79 Å². The Morgan fingerprint density at radius 2 is 2.12 bits per heavy atom. The van der Waals surface area contributed by atoms with Crippen LogP contribution in [0.1, 0.15) is 28.5 Å². The fourth-order valence-electron chi connectivity index (χ4n) is 3.14. The van der Waals surface area contributed by atoms with Gasteiger partial charge in [-0.3, -0.25) is 4.79 Å². The lowest BCUT2D eigenvalue weighted by atomic mass is 10.0. The van der Waals surface area contributed by atoms with Crippen molar-refractivity contribution >= 4 is 23.2 Å². The van der Waals surface area contributed by atoms with Crippen LogP contribution in [-0.4, -0.2) is 17.6 Å². The Labute approximate surface area is 156 Å². The first-order chi connectivity index (χ1) is 12.6. The number of aromatic nitrogens is 1. The molecule has 0 saturated carbocycles. The number of nitrogens with zero attached hydrogens (tertiary/aromatic N) is 2. The molecule has 0 atom stereocenters. The summed E-state index contributed by atoms with van der Waals surface area (Å²) in [6.07, 6.45) is 0. The molecular formula is C20H17ClN2O3. The van der Waals surface area contributed by atoms with Gasteiger partial charge in [0, 0.05) is 17.3 Å². The molecule has 1 aromatic heterocycles. The maximum Gasteiger partial charge on any atom is 0.280 e. The lowest BCUT2D eigenvalue weighted by molar-refractivity contribution is 0.0977. The van der Waals surface area contributed by atoms with Gasteiger partial charge in [-0.05, 0) is 44.2 Å². The Kier molecular flexibility index (Phi) is 4.17. The van der Waals surface area contributed by atoms with E-state index >= 15 is 0 Å². The summed E-state index contributed by atoms with van der Waals surface area (Å²) >= 11 is 6.07. The predicted octanol–water partition coefficient (Wildman–Crippen LogP) is 4.86. The molecule has 0 fully saturated rings. The molecule has 0 unspecified atom stereocenters. The highest BCUT2D eigenvalue weighted by atomic mass is 35.5. The molecule has 0 N–H and O–H groups in total. The second-order valence-electron chi connectivity index (χ2n) is 6.16. The smallest absolute Gasteiger partial charge is 0.280 e. The first-order valence-electron chi connectivity index (χ1n) is 8.38. The summed E-state index contributed by atoms with van der Waals surface area (Å²) in [5, 5.41) is 4.64. The number of anilines is 1. The van der Waals surface area contributed by atoms with Gasteiger partial charge in [-0.15, -0.1) is 0 Å². The average Bonchev–Trinajstić information content (AvgIpc) is 3.07. The summed E-state index contributed by atoms with van der Waals surface area (Å²) < 4.78 is 11.3. The van der Waals surface area contributed by atoms with Crippen molar-refractivity contribution in [2.75, 3.05) is 11.4 Å². The first kappa shape index (κ1) is 16.7. The summed E-state index contributed by atoms with van der Waals surface area (Å²) in [6, 6.07) is 13.0. The van der Waals surface area contributed by atoms with Crippen LogP contribution in [0.15, 0.2) is 47.0 Å². The molecule has 0 aliphatic carbocycles. The third-order valence-corrected chi connectivity index (χ3v) is 4.66. The molecule has 2 aromatic carbocycles. The van der Waals surface area contributed by atoms with Crippen molar-refractivity contribution in [1.82, 2.24) is 5.16 Å². The van der Waals surface area contributed by atoms with E-state index in [1.54, 1.807) is 17.0 Å². The van der Waals surface area contributed by atoms with Crippen molar-refractivity contribution in [3.63, 3.8) is 0 Å². The van der Waals surface area contributed by atoms with E-state index in [0.29, 0.717) is 22.9 Å². The summed E-state index contributed by atoms with van der Waals surface area (Å²) in [5.41, 5.74) is 3.57. The molecule has 1 aliphatic heterocycles. The Morgan fingerprint density at radius 3 is 2.88 bits per heavy atom. The van der Waals surface area contributed by atoms with Gasteiger partial charge in [-0.2, -0.15) is 0 Å². The van der Waals surface area contributed by atoms with Crippen molar-refractivity contribution in [1.29, 1.82) is 0 Å². The highest BCUT2D eigenvalue weighted by Gasteiger charge is 2.31. The number of rotatable bonds is 3. The molecule has 132 valence electrons. The third-order valence-electron chi connectivity index (χ3n) is 4.42. The van der Waals surface area contributed by atoms with E-state index in [0.717, 1.165) is 22.6 Å². The fraction of sp³-hybridized carbons (Fsp3) is 0.200. The van der Waals surface area contributed by atoms with Crippen LogP contribution in [0.4, 0.5) is 5.69 Å². The van der Waals surface area contributed by atoms with Gasteiger partial charge < -0.3 is 14.2 Å². The second-order valence-corrected chi connectivity index (χ2v) is 6.59. The van der Waals surface area contributed by atoms with Gasteiger partial charge in [0.25, 0.3) is 5.91 Å². The molecule has 0 radical (unpaired) electrons. The van der Waals surface area contributed by atoms with Crippen LogP contribution in [0, 0.1) is 6.92 Å². The SMILES string of the molecule is CCN(C(=O)c1noc2c1COc1ccc(C)cc1-2)c1cccc(Cl)c1. The van der Waals surface area contributed by atoms with Crippen molar-refractivity contribution in [2.45, 2.75) is 20.5 Å². The zero-order valence-corrected chi connectivity index (χ0v) is 15.2. The molecule has 1 aliphatic rings. The van der Waals surface area contributed by atoms with E-state index in [2.05, 4.69) is 5.16 Å². The van der Waals surface area contributed by atoms with E-state index in [1.165, 1.54) is 0 Å². The normalized spacial score (nSPS) is 12.1. The highest BCUT2D eigenvalue weighted by Crippen LogP contribution is 2.39. The number of carbonyl (C=O) groups excluding carboxylic acids is 1. The van der Waals surface area contributed by atoms with Crippen LogP contribution in [0.2, 0.25) is 5.02 Å². The molecule has 26 heavy (non-hydrogen) atoms. The van der Waals surface area contributed by atoms with Crippen LogP contribution in [0.25, 0.3) is 11.3 Å². The number of hydrogen-bond donors (Lipinski definition) is 0. The number of benzene rings is 2. The van der Waals surface area contributed by atoms with Gasteiger partial charge >= 0.3 is 0 Å². The molecule has 0 bridgehead atoms. The molecular weight excluding hydrogens is 352 g/mol. The lowest BCUT2D eigenvalue weighted by Gasteiger charge is -2.21. The summed E-state index contributed by atoms with van der Waals surface area (Å²) in [6.45, 7) is 4.63. The number of amides is 1. The quantitative estimate of drug-likeness (QED) is 0.662. The van der Waals surface area contributed by atoms with Crippen LogP contribution >= 0.6 is 11.6 Å². The molecule has 0 spiro atoms. The summed E-state index contributed by atoms with van der Waals surface area (Å²) in [4.78, 5) is 14.7. The second kappa shape index (κ2) is 6.50. The highest BCUT2D eigenvalue weighted by molar-refractivity contribution is 6.31. The number of halogens is 1. The van der Waals surface area contributed by atoms with Crippen molar-refractivity contribution < 1.29 is 14.1 Å².